The topological polar surface area (TPSA) is 79.0 Å². The Balaban J connectivity index is 1.42. The average Bonchev–Trinajstić information content (AvgIpc) is 3.35. The molecule has 31 heavy (non-hydrogen) atoms. The molecule has 0 atom stereocenters. The van der Waals surface area contributed by atoms with E-state index in [1.807, 2.05) is 24.3 Å². The first-order valence-electron chi connectivity index (χ1n) is 10.4. The molecule has 0 spiro atoms. The second-order valence-corrected chi connectivity index (χ2v) is 10.0. The fraction of sp³-hybridized carbons (Fsp3) is 0.409. The van der Waals surface area contributed by atoms with Crippen LogP contribution in [0.4, 0.5) is 5.69 Å². The molecule has 7 nitrogen and oxygen atoms in total. The number of nitrogens with zero attached hydrogens (tertiary/aromatic N) is 2. The highest BCUT2D eigenvalue weighted by Gasteiger charge is 2.29. The van der Waals surface area contributed by atoms with Crippen LogP contribution in [0.2, 0.25) is 5.02 Å². The van der Waals surface area contributed by atoms with Crippen LogP contribution in [-0.2, 0) is 21.3 Å². The molecule has 2 aliphatic rings. The van der Waals surface area contributed by atoms with Crippen LogP contribution < -0.4 is 10.2 Å². The van der Waals surface area contributed by atoms with Crippen molar-refractivity contribution in [2.75, 3.05) is 44.3 Å². The molecule has 2 heterocycles. The minimum Gasteiger partial charge on any atom is -0.378 e. The van der Waals surface area contributed by atoms with E-state index >= 15 is 0 Å². The van der Waals surface area contributed by atoms with Gasteiger partial charge in [-0.1, -0.05) is 23.7 Å². The Morgan fingerprint density at radius 2 is 1.68 bits per heavy atom. The van der Waals surface area contributed by atoms with Gasteiger partial charge in [-0.05, 0) is 48.7 Å². The van der Waals surface area contributed by atoms with Gasteiger partial charge in [0.2, 0.25) is 10.0 Å². The summed E-state index contributed by atoms with van der Waals surface area (Å²) in [7, 11) is -3.70. The molecule has 0 aliphatic carbocycles. The zero-order valence-electron chi connectivity index (χ0n) is 17.2. The number of amides is 1. The Bertz CT molecular complexity index is 1030. The van der Waals surface area contributed by atoms with E-state index in [4.69, 9.17) is 16.3 Å². The number of rotatable bonds is 6. The molecule has 166 valence electrons. The number of benzene rings is 2. The lowest BCUT2D eigenvalue weighted by Gasteiger charge is -2.28. The van der Waals surface area contributed by atoms with Crippen molar-refractivity contribution in [3.8, 4) is 0 Å². The number of halogens is 1. The van der Waals surface area contributed by atoms with Gasteiger partial charge in [-0.15, -0.1) is 0 Å². The van der Waals surface area contributed by atoms with Gasteiger partial charge in [0.25, 0.3) is 5.91 Å². The molecule has 9 heteroatoms. The van der Waals surface area contributed by atoms with Crippen LogP contribution in [0.25, 0.3) is 0 Å². The smallest absolute Gasteiger partial charge is 0.251 e. The molecule has 4 rings (SSSR count). The third kappa shape index (κ3) is 5.03. The first-order chi connectivity index (χ1) is 14.9. The fourth-order valence-electron chi connectivity index (χ4n) is 3.84. The molecule has 0 unspecified atom stereocenters. The SMILES string of the molecule is O=C(NCc1ccc(N2CCOCC2)cc1)c1ccc(Cl)c(S(=O)(=O)N2CCCC2)c1. The maximum atomic E-state index is 12.9. The van der Waals surface area contributed by atoms with E-state index in [-0.39, 0.29) is 21.4 Å². The maximum Gasteiger partial charge on any atom is 0.251 e. The van der Waals surface area contributed by atoms with Crippen molar-refractivity contribution in [1.82, 2.24) is 9.62 Å². The summed E-state index contributed by atoms with van der Waals surface area (Å²) in [5, 5.41) is 2.98. The first kappa shape index (κ1) is 22.1. The number of sulfonamides is 1. The summed E-state index contributed by atoms with van der Waals surface area (Å²) in [6.07, 6.45) is 1.67. The van der Waals surface area contributed by atoms with Crippen molar-refractivity contribution in [1.29, 1.82) is 0 Å². The van der Waals surface area contributed by atoms with E-state index in [0.29, 0.717) is 19.6 Å². The van der Waals surface area contributed by atoms with Gasteiger partial charge in [0.1, 0.15) is 4.90 Å². The highest BCUT2D eigenvalue weighted by Crippen LogP contribution is 2.28. The van der Waals surface area contributed by atoms with Gasteiger partial charge in [-0.3, -0.25) is 4.79 Å². The van der Waals surface area contributed by atoms with Gasteiger partial charge in [-0.25, -0.2) is 8.42 Å². The fourth-order valence-corrected chi connectivity index (χ4v) is 5.86. The van der Waals surface area contributed by atoms with Crippen molar-refractivity contribution in [2.24, 2.45) is 0 Å². The predicted molar refractivity (Wildman–Crippen MR) is 120 cm³/mol. The molecular weight excluding hydrogens is 438 g/mol. The zero-order valence-corrected chi connectivity index (χ0v) is 18.8. The molecule has 0 saturated carbocycles. The third-order valence-corrected chi connectivity index (χ3v) is 8.02. The Labute approximate surface area is 188 Å². The van der Waals surface area contributed by atoms with Crippen LogP contribution in [0, 0.1) is 0 Å². The molecule has 2 aromatic carbocycles. The zero-order chi connectivity index (χ0) is 21.8. The monoisotopic (exact) mass is 463 g/mol. The predicted octanol–water partition coefficient (Wildman–Crippen LogP) is 2.89. The van der Waals surface area contributed by atoms with Crippen LogP contribution in [0.3, 0.4) is 0 Å². The molecule has 0 radical (unpaired) electrons. The summed E-state index contributed by atoms with van der Waals surface area (Å²) in [6, 6.07) is 12.4. The number of carbonyl (C=O) groups excluding carboxylic acids is 1. The highest BCUT2D eigenvalue weighted by atomic mass is 35.5. The van der Waals surface area contributed by atoms with Crippen molar-refractivity contribution < 1.29 is 17.9 Å². The quantitative estimate of drug-likeness (QED) is 0.712. The molecule has 1 N–H and O–H groups in total. The average molecular weight is 464 g/mol. The number of carbonyl (C=O) groups is 1. The van der Waals surface area contributed by atoms with Gasteiger partial charge in [0, 0.05) is 44.0 Å². The number of anilines is 1. The van der Waals surface area contributed by atoms with Crippen LogP contribution in [0.1, 0.15) is 28.8 Å². The van der Waals surface area contributed by atoms with E-state index in [1.165, 1.54) is 16.4 Å². The highest BCUT2D eigenvalue weighted by molar-refractivity contribution is 7.89. The van der Waals surface area contributed by atoms with E-state index in [2.05, 4.69) is 10.2 Å². The van der Waals surface area contributed by atoms with Crippen LogP contribution >= 0.6 is 11.6 Å². The molecule has 1 amide bonds. The third-order valence-electron chi connectivity index (χ3n) is 5.64. The summed E-state index contributed by atoms with van der Waals surface area (Å²) >= 11 is 6.17. The number of hydrogen-bond acceptors (Lipinski definition) is 5. The minimum absolute atomic E-state index is 0.0152. The summed E-state index contributed by atoms with van der Waals surface area (Å²) < 4.78 is 32.5. The van der Waals surface area contributed by atoms with E-state index in [0.717, 1.165) is 50.4 Å². The second kappa shape index (κ2) is 9.56. The Morgan fingerprint density at radius 1 is 1.00 bits per heavy atom. The van der Waals surface area contributed by atoms with E-state index in [1.54, 1.807) is 6.07 Å². The molecule has 2 saturated heterocycles. The standard InChI is InChI=1S/C22H26ClN3O4S/c23-20-8-5-18(15-21(20)31(28,29)26-9-1-2-10-26)22(27)24-16-17-3-6-19(7-4-17)25-11-13-30-14-12-25/h3-8,15H,1-2,9-14,16H2,(H,24,27). The van der Waals surface area contributed by atoms with Crippen molar-refractivity contribution in [3.63, 3.8) is 0 Å². The maximum absolute atomic E-state index is 12.9. The van der Waals surface area contributed by atoms with Gasteiger partial charge in [-0.2, -0.15) is 4.31 Å². The van der Waals surface area contributed by atoms with Crippen molar-refractivity contribution in [2.45, 2.75) is 24.3 Å². The molecular formula is C22H26ClN3O4S. The normalized spacial score (nSPS) is 17.6. The van der Waals surface area contributed by atoms with Gasteiger partial charge < -0.3 is 15.0 Å². The summed E-state index contributed by atoms with van der Waals surface area (Å²) in [4.78, 5) is 14.9. The molecule has 0 aromatic heterocycles. The van der Waals surface area contributed by atoms with Gasteiger partial charge >= 0.3 is 0 Å². The van der Waals surface area contributed by atoms with Crippen molar-refractivity contribution >= 4 is 33.2 Å². The lowest BCUT2D eigenvalue weighted by molar-refractivity contribution is 0.0950. The molecule has 2 fully saturated rings. The van der Waals surface area contributed by atoms with Gasteiger partial charge in [0.15, 0.2) is 0 Å². The molecule has 0 bridgehead atoms. The lowest BCUT2D eigenvalue weighted by atomic mass is 10.1. The van der Waals surface area contributed by atoms with Crippen molar-refractivity contribution in [3.05, 3.63) is 58.6 Å². The number of hydrogen-bond donors (Lipinski definition) is 1. The largest absolute Gasteiger partial charge is 0.378 e. The van der Waals surface area contributed by atoms with Crippen LogP contribution in [-0.4, -0.2) is 58.0 Å². The van der Waals surface area contributed by atoms with E-state index in [9.17, 15) is 13.2 Å². The van der Waals surface area contributed by atoms with Crippen LogP contribution in [0.15, 0.2) is 47.4 Å². The number of nitrogens with one attached hydrogen (secondary N) is 1. The minimum atomic E-state index is -3.70. The second-order valence-electron chi connectivity index (χ2n) is 7.70. The number of ether oxygens (including phenoxy) is 1. The summed E-state index contributed by atoms with van der Waals surface area (Å²) in [5.41, 5.74) is 2.36. The molecule has 2 aliphatic heterocycles. The Morgan fingerprint density at radius 3 is 2.35 bits per heavy atom. The summed E-state index contributed by atoms with van der Waals surface area (Å²) in [5.74, 6) is -0.341. The van der Waals surface area contributed by atoms with Gasteiger partial charge in [0.05, 0.1) is 18.2 Å². The van der Waals surface area contributed by atoms with Crippen LogP contribution in [0.5, 0.6) is 0 Å². The Kier molecular flexibility index (Phi) is 6.81. The summed E-state index contributed by atoms with van der Waals surface area (Å²) in [6.45, 7) is 4.51. The van der Waals surface area contributed by atoms with E-state index < -0.39 is 10.0 Å². The lowest BCUT2D eigenvalue weighted by Crippen LogP contribution is -2.36. The molecule has 2 aromatic rings. The Hall–Kier alpha value is -2.13. The number of morpholine rings is 1. The first-order valence-corrected chi connectivity index (χ1v) is 12.3.